The summed E-state index contributed by atoms with van der Waals surface area (Å²) in [5, 5.41) is 3.70. The molecule has 3 rings (SSSR count). The smallest absolute Gasteiger partial charge is 0.263 e. The largest absolute Gasteiger partial charge is 0.351 e. The van der Waals surface area contributed by atoms with Crippen LogP contribution in [0.1, 0.15) is 27.5 Å². The topological polar surface area (TPSA) is 80.7 Å². The van der Waals surface area contributed by atoms with Gasteiger partial charge in [-0.1, -0.05) is 6.07 Å². The molecule has 24 heavy (non-hydrogen) atoms. The highest BCUT2D eigenvalue weighted by atomic mass is 32.1. The molecule has 0 aromatic carbocycles. The fourth-order valence-electron chi connectivity index (χ4n) is 2.22. The summed E-state index contributed by atoms with van der Waals surface area (Å²) in [6, 6.07) is 5.65. The molecule has 0 spiro atoms. The Balaban J connectivity index is 1.56. The maximum absolute atomic E-state index is 12.3. The van der Waals surface area contributed by atoms with Crippen LogP contribution in [0.5, 0.6) is 0 Å². The van der Waals surface area contributed by atoms with Gasteiger partial charge in [0.2, 0.25) is 0 Å². The van der Waals surface area contributed by atoms with Crippen LogP contribution in [0.15, 0.2) is 43.0 Å². The first kappa shape index (κ1) is 16.2. The van der Waals surface area contributed by atoms with Crippen molar-refractivity contribution in [1.29, 1.82) is 0 Å². The molecular formula is C17H17N5OS. The van der Waals surface area contributed by atoms with Crippen LogP contribution in [0.4, 0.5) is 0 Å². The molecule has 0 fully saturated rings. The van der Waals surface area contributed by atoms with E-state index < -0.39 is 0 Å². The minimum atomic E-state index is -0.0914. The lowest BCUT2D eigenvalue weighted by Gasteiger charge is -2.03. The number of nitrogens with zero attached hydrogens (tertiary/aromatic N) is 4. The Kier molecular flexibility index (Phi) is 5.22. The van der Waals surface area contributed by atoms with Gasteiger partial charge in [0.1, 0.15) is 9.88 Å². The molecule has 0 bridgehead atoms. The molecule has 3 aromatic rings. The Labute approximate surface area is 144 Å². The van der Waals surface area contributed by atoms with Gasteiger partial charge in [0.15, 0.2) is 0 Å². The van der Waals surface area contributed by atoms with Crippen molar-refractivity contribution < 1.29 is 4.79 Å². The molecule has 0 aliphatic carbocycles. The van der Waals surface area contributed by atoms with E-state index >= 15 is 0 Å². The van der Waals surface area contributed by atoms with Gasteiger partial charge in [0, 0.05) is 31.3 Å². The average molecular weight is 339 g/mol. The van der Waals surface area contributed by atoms with Crippen molar-refractivity contribution in [2.75, 3.05) is 6.54 Å². The van der Waals surface area contributed by atoms with Crippen molar-refractivity contribution in [3.8, 4) is 10.7 Å². The predicted molar refractivity (Wildman–Crippen MR) is 92.8 cm³/mol. The average Bonchev–Trinajstić information content (AvgIpc) is 3.02. The summed E-state index contributed by atoms with van der Waals surface area (Å²) in [4.78, 5) is 29.9. The second-order valence-electron chi connectivity index (χ2n) is 5.20. The lowest BCUT2D eigenvalue weighted by molar-refractivity contribution is 0.0956. The number of pyridine rings is 1. The first-order chi connectivity index (χ1) is 11.7. The molecule has 1 N–H and O–H groups in total. The Morgan fingerprint density at radius 2 is 2.12 bits per heavy atom. The highest BCUT2D eigenvalue weighted by Crippen LogP contribution is 2.26. The maximum Gasteiger partial charge on any atom is 0.263 e. The van der Waals surface area contributed by atoms with Gasteiger partial charge in [-0.05, 0) is 31.9 Å². The van der Waals surface area contributed by atoms with Crippen LogP contribution >= 0.6 is 11.3 Å². The summed E-state index contributed by atoms with van der Waals surface area (Å²) in [5.74, 6) is -0.0914. The van der Waals surface area contributed by atoms with E-state index in [0.717, 1.165) is 34.9 Å². The van der Waals surface area contributed by atoms with Crippen molar-refractivity contribution >= 4 is 17.2 Å². The lowest BCUT2D eigenvalue weighted by Crippen LogP contribution is -2.24. The standard InChI is InChI=1S/C17H17N5OS/c1-12-15(24-17(22-12)14-6-2-3-7-20-14)16(23)21-8-4-5-13-11-18-9-10-19-13/h2-3,6-7,9-11H,4-5,8H2,1H3,(H,21,23). The van der Waals surface area contributed by atoms with Crippen LogP contribution in [0.25, 0.3) is 10.7 Å². The molecule has 0 saturated heterocycles. The van der Waals surface area contributed by atoms with Crippen molar-refractivity contribution in [3.63, 3.8) is 0 Å². The number of amides is 1. The number of nitrogens with one attached hydrogen (secondary N) is 1. The first-order valence-electron chi connectivity index (χ1n) is 7.66. The zero-order chi connectivity index (χ0) is 16.8. The molecule has 0 aliphatic heterocycles. The molecule has 0 atom stereocenters. The van der Waals surface area contributed by atoms with E-state index in [1.165, 1.54) is 11.3 Å². The highest BCUT2D eigenvalue weighted by molar-refractivity contribution is 7.17. The van der Waals surface area contributed by atoms with E-state index in [1.807, 2.05) is 25.1 Å². The lowest BCUT2D eigenvalue weighted by atomic mass is 10.2. The molecular weight excluding hydrogens is 322 g/mol. The van der Waals surface area contributed by atoms with Crippen LogP contribution in [-0.2, 0) is 6.42 Å². The third-order valence-corrected chi connectivity index (χ3v) is 4.58. The number of carbonyl (C=O) groups is 1. The van der Waals surface area contributed by atoms with Crippen molar-refractivity contribution in [2.24, 2.45) is 0 Å². The van der Waals surface area contributed by atoms with Gasteiger partial charge in [-0.25, -0.2) is 4.98 Å². The second kappa shape index (κ2) is 7.74. The molecule has 0 unspecified atom stereocenters. The van der Waals surface area contributed by atoms with Crippen molar-refractivity contribution in [1.82, 2.24) is 25.3 Å². The van der Waals surface area contributed by atoms with Gasteiger partial charge in [0.05, 0.1) is 17.1 Å². The van der Waals surface area contributed by atoms with Gasteiger partial charge in [-0.15, -0.1) is 11.3 Å². The fraction of sp³-hybridized carbons (Fsp3) is 0.235. The minimum Gasteiger partial charge on any atom is -0.351 e. The Hall–Kier alpha value is -2.67. The van der Waals surface area contributed by atoms with Crippen LogP contribution in [0, 0.1) is 6.92 Å². The predicted octanol–water partition coefficient (Wildman–Crippen LogP) is 2.67. The SMILES string of the molecule is Cc1nc(-c2ccccn2)sc1C(=O)NCCCc1cnccn1. The van der Waals surface area contributed by atoms with Crippen LogP contribution in [0.2, 0.25) is 0 Å². The van der Waals surface area contributed by atoms with Crippen LogP contribution < -0.4 is 5.32 Å². The molecule has 122 valence electrons. The first-order valence-corrected chi connectivity index (χ1v) is 8.47. The number of aromatic nitrogens is 4. The molecule has 3 heterocycles. The Morgan fingerprint density at radius 3 is 2.88 bits per heavy atom. The quantitative estimate of drug-likeness (QED) is 0.698. The van der Waals surface area contributed by atoms with Crippen LogP contribution in [-0.4, -0.2) is 32.4 Å². The molecule has 0 saturated carbocycles. The summed E-state index contributed by atoms with van der Waals surface area (Å²) in [6.07, 6.45) is 8.39. The van der Waals surface area contributed by atoms with E-state index in [1.54, 1.807) is 24.8 Å². The number of rotatable bonds is 6. The number of hydrogen-bond donors (Lipinski definition) is 1. The Bertz CT molecular complexity index is 804. The number of aryl methyl sites for hydroxylation is 2. The fourth-order valence-corrected chi connectivity index (χ4v) is 3.18. The normalized spacial score (nSPS) is 10.5. The number of thiazole rings is 1. The third-order valence-electron chi connectivity index (χ3n) is 3.40. The maximum atomic E-state index is 12.3. The Morgan fingerprint density at radius 1 is 1.21 bits per heavy atom. The summed E-state index contributed by atoms with van der Waals surface area (Å²) in [5.41, 5.74) is 2.44. The zero-order valence-corrected chi connectivity index (χ0v) is 14.1. The van der Waals surface area contributed by atoms with Gasteiger partial charge in [-0.3, -0.25) is 19.7 Å². The summed E-state index contributed by atoms with van der Waals surface area (Å²) >= 11 is 1.37. The van der Waals surface area contributed by atoms with Crippen LogP contribution in [0.3, 0.4) is 0 Å². The highest BCUT2D eigenvalue weighted by Gasteiger charge is 2.16. The summed E-state index contributed by atoms with van der Waals surface area (Å²) in [6.45, 7) is 2.43. The second-order valence-corrected chi connectivity index (χ2v) is 6.20. The van der Waals surface area contributed by atoms with E-state index in [-0.39, 0.29) is 5.91 Å². The molecule has 1 amide bonds. The van der Waals surface area contributed by atoms with Crippen molar-refractivity contribution in [2.45, 2.75) is 19.8 Å². The number of carbonyl (C=O) groups excluding carboxylic acids is 1. The monoisotopic (exact) mass is 339 g/mol. The van der Waals surface area contributed by atoms with Gasteiger partial charge in [-0.2, -0.15) is 0 Å². The number of hydrogen-bond acceptors (Lipinski definition) is 6. The van der Waals surface area contributed by atoms with E-state index in [0.29, 0.717) is 11.4 Å². The van der Waals surface area contributed by atoms with E-state index in [2.05, 4.69) is 25.3 Å². The molecule has 3 aromatic heterocycles. The third kappa shape index (κ3) is 3.99. The molecule has 7 heteroatoms. The molecule has 6 nitrogen and oxygen atoms in total. The van der Waals surface area contributed by atoms with Gasteiger partial charge >= 0.3 is 0 Å². The minimum absolute atomic E-state index is 0.0914. The van der Waals surface area contributed by atoms with E-state index in [4.69, 9.17) is 0 Å². The summed E-state index contributed by atoms with van der Waals surface area (Å²) < 4.78 is 0. The van der Waals surface area contributed by atoms with Gasteiger partial charge in [0.25, 0.3) is 5.91 Å². The molecule has 0 aliphatic rings. The molecule has 0 radical (unpaired) electrons. The zero-order valence-electron chi connectivity index (χ0n) is 13.3. The summed E-state index contributed by atoms with van der Waals surface area (Å²) in [7, 11) is 0. The van der Waals surface area contributed by atoms with Gasteiger partial charge < -0.3 is 5.32 Å². The van der Waals surface area contributed by atoms with Crippen molar-refractivity contribution in [3.05, 3.63) is 59.3 Å². The van der Waals surface area contributed by atoms with E-state index in [9.17, 15) is 4.79 Å².